The van der Waals surface area contributed by atoms with Crippen LogP contribution in [0.3, 0.4) is 0 Å². The number of carbonyl (C=O) groups is 3. The largest absolute Gasteiger partial charge is 0.481 e. The van der Waals surface area contributed by atoms with Crippen molar-refractivity contribution >= 4 is 17.9 Å². The number of esters is 1. The van der Waals surface area contributed by atoms with Gasteiger partial charge in [0, 0.05) is 6.42 Å². The summed E-state index contributed by atoms with van der Waals surface area (Å²) in [5.74, 6) is -2.59. The molecule has 0 aliphatic heterocycles. The van der Waals surface area contributed by atoms with Crippen LogP contribution in [-0.2, 0) is 19.1 Å². The molecule has 0 aliphatic carbocycles. The molecule has 1 unspecified atom stereocenters. The minimum Gasteiger partial charge on any atom is -0.481 e. The van der Waals surface area contributed by atoms with Crippen LogP contribution < -0.4 is 0 Å². The first kappa shape index (κ1) is 62.6. The molecular formula is C59H108O6. The fourth-order valence-electron chi connectivity index (χ4n) is 9.24. The summed E-state index contributed by atoms with van der Waals surface area (Å²) < 4.78 is 5.94. The monoisotopic (exact) mass is 913 g/mol. The molecular weight excluding hydrogens is 805 g/mol. The van der Waals surface area contributed by atoms with Crippen LogP contribution in [0.5, 0.6) is 0 Å². The van der Waals surface area contributed by atoms with Gasteiger partial charge in [0.15, 0.2) is 0 Å². The second-order valence-corrected chi connectivity index (χ2v) is 19.7. The van der Waals surface area contributed by atoms with Crippen LogP contribution in [0, 0.1) is 5.41 Å². The minimum absolute atomic E-state index is 0.201. The summed E-state index contributed by atoms with van der Waals surface area (Å²) in [6.07, 6.45) is 61.2. The molecule has 0 bridgehead atoms. The van der Waals surface area contributed by atoms with Gasteiger partial charge in [0.25, 0.3) is 0 Å². The third-order valence-electron chi connectivity index (χ3n) is 13.6. The van der Waals surface area contributed by atoms with Gasteiger partial charge in [-0.05, 0) is 96.3 Å². The number of unbranched alkanes of at least 4 members (excludes halogenated alkanes) is 35. The summed E-state index contributed by atoms with van der Waals surface area (Å²) >= 11 is 0. The molecule has 0 heterocycles. The zero-order valence-corrected chi connectivity index (χ0v) is 43.4. The Balaban J connectivity index is 5.01. The molecule has 0 aromatic heterocycles. The van der Waals surface area contributed by atoms with E-state index in [4.69, 9.17) is 4.74 Å². The van der Waals surface area contributed by atoms with Gasteiger partial charge in [0.1, 0.15) is 11.5 Å². The van der Waals surface area contributed by atoms with Crippen LogP contribution in [0.2, 0.25) is 0 Å². The molecule has 0 fully saturated rings. The summed E-state index contributed by atoms with van der Waals surface area (Å²) in [7, 11) is 0. The quantitative estimate of drug-likeness (QED) is 0.0358. The van der Waals surface area contributed by atoms with Gasteiger partial charge in [-0.25, -0.2) is 0 Å². The summed E-state index contributed by atoms with van der Waals surface area (Å²) in [6.45, 7) is 6.78. The molecule has 0 spiro atoms. The SMILES string of the molecule is CCCCCCCC/C=C\CCCCCCCCC(CCCCCCCC/C=C\CCCCCCCC)(C(=O)O)C(CC(=O)O)OC(=O)CCCCCCC/C=C\CCCCCCCC. The van der Waals surface area contributed by atoms with Gasteiger partial charge < -0.3 is 14.9 Å². The molecule has 0 aromatic carbocycles. The zero-order chi connectivity index (χ0) is 47.6. The summed E-state index contributed by atoms with van der Waals surface area (Å²) in [5.41, 5.74) is -1.39. The van der Waals surface area contributed by atoms with E-state index in [1.54, 1.807) is 0 Å². The van der Waals surface area contributed by atoms with E-state index >= 15 is 0 Å². The van der Waals surface area contributed by atoms with Crippen molar-refractivity contribution in [1.29, 1.82) is 0 Å². The van der Waals surface area contributed by atoms with E-state index < -0.39 is 35.8 Å². The van der Waals surface area contributed by atoms with Crippen molar-refractivity contribution in [2.75, 3.05) is 0 Å². The van der Waals surface area contributed by atoms with Gasteiger partial charge in [0.05, 0.1) is 6.42 Å². The first-order chi connectivity index (χ1) is 31.8. The average Bonchev–Trinajstić information content (AvgIpc) is 3.28. The molecule has 0 radical (unpaired) electrons. The Morgan fingerprint density at radius 3 is 0.923 bits per heavy atom. The predicted octanol–water partition coefficient (Wildman–Crippen LogP) is 19.3. The van der Waals surface area contributed by atoms with Crippen molar-refractivity contribution < 1.29 is 29.3 Å². The number of carboxylic acids is 2. The van der Waals surface area contributed by atoms with Crippen LogP contribution in [0.1, 0.15) is 310 Å². The first-order valence-corrected chi connectivity index (χ1v) is 28.4. The van der Waals surface area contributed by atoms with Gasteiger partial charge in [-0.2, -0.15) is 0 Å². The lowest BCUT2D eigenvalue weighted by molar-refractivity contribution is -0.174. The number of ether oxygens (including phenoxy) is 1. The van der Waals surface area contributed by atoms with Crippen molar-refractivity contribution in [1.82, 2.24) is 0 Å². The number of hydrogen-bond acceptors (Lipinski definition) is 4. The number of allylic oxidation sites excluding steroid dienone is 6. The van der Waals surface area contributed by atoms with E-state index in [0.717, 1.165) is 96.3 Å². The summed E-state index contributed by atoms with van der Waals surface area (Å²) in [6, 6.07) is 0. The first-order valence-electron chi connectivity index (χ1n) is 28.4. The second-order valence-electron chi connectivity index (χ2n) is 19.7. The molecule has 6 nitrogen and oxygen atoms in total. The Kier molecular flexibility index (Phi) is 47.7. The Hall–Kier alpha value is -2.37. The third kappa shape index (κ3) is 41.5. The molecule has 0 saturated heterocycles. The van der Waals surface area contributed by atoms with Crippen molar-refractivity contribution in [3.63, 3.8) is 0 Å². The van der Waals surface area contributed by atoms with E-state index in [2.05, 4.69) is 57.2 Å². The molecule has 0 saturated carbocycles. The maximum absolute atomic E-state index is 13.3. The zero-order valence-electron chi connectivity index (χ0n) is 43.4. The fraction of sp³-hybridized carbons (Fsp3) is 0.847. The highest BCUT2D eigenvalue weighted by atomic mass is 16.5. The highest BCUT2D eigenvalue weighted by Crippen LogP contribution is 2.40. The Morgan fingerprint density at radius 2 is 0.646 bits per heavy atom. The summed E-state index contributed by atoms with van der Waals surface area (Å²) in [5, 5.41) is 20.9. The van der Waals surface area contributed by atoms with Crippen LogP contribution in [0.4, 0.5) is 0 Å². The fourth-order valence-corrected chi connectivity index (χ4v) is 9.24. The van der Waals surface area contributed by atoms with E-state index in [-0.39, 0.29) is 6.42 Å². The van der Waals surface area contributed by atoms with E-state index in [1.165, 1.54) is 148 Å². The number of carbonyl (C=O) groups excluding carboxylic acids is 1. The lowest BCUT2D eigenvalue weighted by Crippen LogP contribution is -2.46. The van der Waals surface area contributed by atoms with Crippen molar-refractivity contribution in [3.05, 3.63) is 36.5 Å². The van der Waals surface area contributed by atoms with Gasteiger partial charge in [-0.15, -0.1) is 0 Å². The van der Waals surface area contributed by atoms with Gasteiger partial charge >= 0.3 is 17.9 Å². The van der Waals surface area contributed by atoms with E-state index in [0.29, 0.717) is 32.1 Å². The number of carboxylic acid groups (broad SMARTS) is 2. The van der Waals surface area contributed by atoms with Crippen LogP contribution in [-0.4, -0.2) is 34.2 Å². The average molecular weight is 914 g/mol. The van der Waals surface area contributed by atoms with Crippen LogP contribution in [0.15, 0.2) is 36.5 Å². The molecule has 1 atom stereocenters. The van der Waals surface area contributed by atoms with E-state index in [1.807, 2.05) is 0 Å². The molecule has 380 valence electrons. The van der Waals surface area contributed by atoms with Crippen LogP contribution in [0.25, 0.3) is 0 Å². The standard InChI is InChI=1S/C59H108O6/c1-4-7-10-13-16-19-22-25-28-31-34-37-40-43-46-49-52-59(58(63)64,53-50-47-44-41-38-35-32-29-26-23-20-17-14-11-8-5-2)55(54-56(60)61)65-57(62)51-48-45-42-39-36-33-30-27-24-21-18-15-12-9-6-3/h25-30,55H,4-24,31-54H2,1-3H3,(H,60,61)(H,63,64)/b28-25-,29-26-,30-27-. The van der Waals surface area contributed by atoms with Crippen LogP contribution >= 0.6 is 0 Å². The topological polar surface area (TPSA) is 101 Å². The maximum Gasteiger partial charge on any atom is 0.313 e. The predicted molar refractivity (Wildman–Crippen MR) is 280 cm³/mol. The van der Waals surface area contributed by atoms with Crippen molar-refractivity contribution in [2.45, 2.75) is 316 Å². The Labute approximate surface area is 403 Å². The Bertz CT molecular complexity index is 1100. The second kappa shape index (κ2) is 49.5. The number of hydrogen-bond donors (Lipinski definition) is 2. The van der Waals surface area contributed by atoms with Gasteiger partial charge in [-0.1, -0.05) is 237 Å². The van der Waals surface area contributed by atoms with Gasteiger partial charge in [0.2, 0.25) is 0 Å². The normalized spacial score (nSPS) is 12.6. The maximum atomic E-state index is 13.3. The molecule has 2 N–H and O–H groups in total. The van der Waals surface area contributed by atoms with Crippen molar-refractivity contribution in [3.8, 4) is 0 Å². The highest BCUT2D eigenvalue weighted by Gasteiger charge is 2.48. The molecule has 0 aliphatic rings. The molecule has 0 aromatic rings. The highest BCUT2D eigenvalue weighted by molar-refractivity contribution is 5.79. The summed E-state index contributed by atoms with van der Waals surface area (Å²) in [4.78, 5) is 38.8. The smallest absolute Gasteiger partial charge is 0.313 e. The number of rotatable bonds is 52. The third-order valence-corrected chi connectivity index (χ3v) is 13.6. The molecule has 0 amide bonds. The Morgan fingerprint density at radius 1 is 0.385 bits per heavy atom. The van der Waals surface area contributed by atoms with Gasteiger partial charge in [-0.3, -0.25) is 14.4 Å². The lowest BCUT2D eigenvalue weighted by Gasteiger charge is -2.36. The van der Waals surface area contributed by atoms with E-state index in [9.17, 15) is 24.6 Å². The lowest BCUT2D eigenvalue weighted by atomic mass is 9.72. The minimum atomic E-state index is -1.39. The molecule has 0 rings (SSSR count). The number of aliphatic carboxylic acids is 2. The van der Waals surface area contributed by atoms with Crippen molar-refractivity contribution in [2.24, 2.45) is 5.41 Å². The molecule has 65 heavy (non-hydrogen) atoms. The molecule has 6 heteroatoms.